The highest BCUT2D eigenvalue weighted by Crippen LogP contribution is 2.51. The molecule has 40 heavy (non-hydrogen) atoms. The number of rotatable bonds is 4. The minimum absolute atomic E-state index is 0. The van der Waals surface area contributed by atoms with Crippen molar-refractivity contribution in [2.45, 2.75) is 51.9 Å². The second-order valence-corrected chi connectivity index (χ2v) is 11.7. The number of carbonyl (C=O) groups is 1. The average molecular weight is 596 g/mol. The van der Waals surface area contributed by atoms with Gasteiger partial charge in [0.15, 0.2) is 17.6 Å². The Labute approximate surface area is 246 Å². The molecule has 0 aliphatic carbocycles. The molecule has 7 rings (SSSR count). The summed E-state index contributed by atoms with van der Waals surface area (Å²) in [6.07, 6.45) is 3.18. The Bertz CT molecular complexity index is 1780. The van der Waals surface area contributed by atoms with Crippen molar-refractivity contribution in [2.75, 3.05) is 18.5 Å². The van der Waals surface area contributed by atoms with Crippen LogP contribution in [0.25, 0.3) is 21.8 Å². The van der Waals surface area contributed by atoms with Crippen LogP contribution in [-0.2, 0) is 23.3 Å². The molecule has 0 spiro atoms. The third-order valence-corrected chi connectivity index (χ3v) is 9.28. The Balaban J connectivity index is 0.00000289. The largest absolute Gasteiger partial charge is 1.00 e. The summed E-state index contributed by atoms with van der Waals surface area (Å²) in [7, 11) is 2.13. The summed E-state index contributed by atoms with van der Waals surface area (Å²) in [5.41, 5.74) is 8.60. The second-order valence-electron chi connectivity index (χ2n) is 11.7. The highest BCUT2D eigenvalue weighted by molar-refractivity contribution is 5.83. The quantitative estimate of drug-likeness (QED) is 0.300. The number of anilines is 1. The fourth-order valence-corrected chi connectivity index (χ4v) is 7.08. The van der Waals surface area contributed by atoms with Crippen LogP contribution in [0.1, 0.15) is 35.6 Å². The van der Waals surface area contributed by atoms with Crippen molar-refractivity contribution in [3.8, 4) is 0 Å². The van der Waals surface area contributed by atoms with Crippen LogP contribution in [0.15, 0.2) is 85.2 Å². The van der Waals surface area contributed by atoms with Crippen molar-refractivity contribution in [1.29, 1.82) is 0 Å². The number of aryl methyl sites for hydroxylation is 2. The molecule has 6 heteroatoms. The van der Waals surface area contributed by atoms with Gasteiger partial charge in [-0.3, -0.25) is 4.79 Å². The van der Waals surface area contributed by atoms with Crippen LogP contribution in [0.4, 0.5) is 5.69 Å². The zero-order valence-corrected chi connectivity index (χ0v) is 25.1. The van der Waals surface area contributed by atoms with Crippen LogP contribution in [0.2, 0.25) is 0 Å². The van der Waals surface area contributed by atoms with Crippen molar-refractivity contribution in [3.05, 3.63) is 107 Å². The third-order valence-electron chi connectivity index (χ3n) is 9.28. The lowest BCUT2D eigenvalue weighted by Gasteiger charge is -2.34. The molecule has 0 saturated carbocycles. The first-order valence-corrected chi connectivity index (χ1v) is 13.9. The van der Waals surface area contributed by atoms with Crippen LogP contribution < -0.4 is 26.4 Å². The fourth-order valence-electron chi connectivity index (χ4n) is 7.08. The van der Waals surface area contributed by atoms with Gasteiger partial charge in [-0.1, -0.05) is 61.5 Å². The summed E-state index contributed by atoms with van der Waals surface area (Å²) in [5, 5.41) is 2.50. The molecule has 1 aromatic heterocycles. The zero-order chi connectivity index (χ0) is 26.9. The van der Waals surface area contributed by atoms with E-state index in [4.69, 9.17) is 0 Å². The maximum absolute atomic E-state index is 14.0. The van der Waals surface area contributed by atoms with Crippen molar-refractivity contribution in [3.63, 3.8) is 0 Å². The molecule has 2 unspecified atom stereocenters. The summed E-state index contributed by atoms with van der Waals surface area (Å²) < 4.78 is 4.45. The molecule has 2 aliphatic heterocycles. The minimum Gasteiger partial charge on any atom is -1.00 e. The molecule has 5 nitrogen and oxygen atoms in total. The van der Waals surface area contributed by atoms with E-state index in [0.29, 0.717) is 6.54 Å². The summed E-state index contributed by atoms with van der Waals surface area (Å²) in [4.78, 5) is 18.4. The topological polar surface area (TPSA) is 32.4 Å². The molecular formula is C34H35BrN4O. The summed E-state index contributed by atoms with van der Waals surface area (Å²) in [5.74, 6) is 0.177. The number of carbonyl (C=O) groups excluding carboxylic acids is 1. The van der Waals surface area contributed by atoms with Crippen LogP contribution in [0.5, 0.6) is 0 Å². The van der Waals surface area contributed by atoms with E-state index in [1.165, 1.54) is 38.7 Å². The van der Waals surface area contributed by atoms with E-state index < -0.39 is 0 Å². The minimum atomic E-state index is -0.0382. The number of hydrogen-bond donors (Lipinski definition) is 0. The molecular weight excluding hydrogens is 560 g/mol. The first-order valence-electron chi connectivity index (χ1n) is 13.9. The third kappa shape index (κ3) is 4.03. The summed E-state index contributed by atoms with van der Waals surface area (Å²) in [6, 6.07) is 28.3. The number of fused-ring (bicyclic) bond motifs is 5. The van der Waals surface area contributed by atoms with E-state index in [2.05, 4.69) is 132 Å². The fraction of sp³-hybridized carbons (Fsp3) is 0.294. The number of halogens is 1. The molecule has 4 aromatic carbocycles. The number of aromatic nitrogens is 2. The van der Waals surface area contributed by atoms with Crippen LogP contribution in [-0.4, -0.2) is 35.1 Å². The van der Waals surface area contributed by atoms with Gasteiger partial charge in [0, 0.05) is 24.7 Å². The van der Waals surface area contributed by atoms with Crippen LogP contribution in [0.3, 0.4) is 0 Å². The Morgan fingerprint density at radius 3 is 2.50 bits per heavy atom. The smallest absolute Gasteiger partial charge is 0.266 e. The predicted octanol–water partition coefficient (Wildman–Crippen LogP) is 2.72. The molecule has 0 bridgehead atoms. The molecule has 2 atom stereocenters. The molecule has 0 N–H and O–H groups in total. The number of amides is 1. The second kappa shape index (κ2) is 9.77. The van der Waals surface area contributed by atoms with Crippen molar-refractivity contribution < 1.29 is 26.3 Å². The molecule has 3 heterocycles. The molecule has 1 fully saturated rings. The standard InChI is InChI=1S/C34H35N4O.BrH/c1-23-17-30-31(18-24(23)2)37(22-36(30)20-25-13-14-26-9-5-6-10-27(26)19-25)21-32(39)38-16-15-34(3)28-11-7-8-12-29(28)35(4)33(34)38;/h5-14,17-19,22,33H,15-16,20-21H2,1-4H3;1H/q+1;/p-1. The number of hydrogen-bond acceptors (Lipinski definition) is 2. The van der Waals surface area contributed by atoms with E-state index in [0.717, 1.165) is 30.5 Å². The van der Waals surface area contributed by atoms with Gasteiger partial charge in [-0.25, -0.2) is 9.13 Å². The highest BCUT2D eigenvalue weighted by Gasteiger charge is 2.54. The lowest BCUT2D eigenvalue weighted by atomic mass is 9.81. The van der Waals surface area contributed by atoms with E-state index in [9.17, 15) is 4.79 Å². The van der Waals surface area contributed by atoms with Crippen molar-refractivity contribution >= 4 is 33.4 Å². The van der Waals surface area contributed by atoms with Gasteiger partial charge >= 0.3 is 0 Å². The maximum atomic E-state index is 14.0. The zero-order valence-electron chi connectivity index (χ0n) is 23.6. The van der Waals surface area contributed by atoms with E-state index in [-0.39, 0.29) is 34.5 Å². The van der Waals surface area contributed by atoms with Gasteiger partial charge in [0.2, 0.25) is 6.33 Å². The Hall–Kier alpha value is -3.64. The van der Waals surface area contributed by atoms with Crippen LogP contribution >= 0.6 is 0 Å². The van der Waals surface area contributed by atoms with E-state index >= 15 is 0 Å². The molecule has 204 valence electrons. The predicted molar refractivity (Wildman–Crippen MR) is 157 cm³/mol. The Kier molecular flexibility index (Phi) is 6.49. The maximum Gasteiger partial charge on any atom is 0.266 e. The van der Waals surface area contributed by atoms with Gasteiger partial charge in [-0.2, -0.15) is 0 Å². The summed E-state index contributed by atoms with van der Waals surface area (Å²) >= 11 is 0. The van der Waals surface area contributed by atoms with E-state index in [1.54, 1.807) is 0 Å². The van der Waals surface area contributed by atoms with Crippen molar-refractivity contribution in [2.24, 2.45) is 0 Å². The van der Waals surface area contributed by atoms with Gasteiger partial charge in [-0.15, -0.1) is 0 Å². The van der Waals surface area contributed by atoms with Gasteiger partial charge in [-0.05, 0) is 77.6 Å². The van der Waals surface area contributed by atoms with Crippen molar-refractivity contribution in [1.82, 2.24) is 9.47 Å². The average Bonchev–Trinajstić information content (AvgIpc) is 3.53. The van der Waals surface area contributed by atoms with E-state index in [1.807, 2.05) is 0 Å². The molecule has 1 saturated heterocycles. The van der Waals surface area contributed by atoms with Gasteiger partial charge in [0.05, 0.1) is 0 Å². The molecule has 5 aromatic rings. The number of para-hydroxylation sites is 1. The molecule has 2 aliphatic rings. The number of likely N-dealkylation sites (N-methyl/N-ethyl adjacent to an activating group) is 1. The number of benzene rings is 4. The first kappa shape index (κ1) is 26.6. The van der Waals surface area contributed by atoms with Crippen LogP contribution in [0, 0.1) is 13.8 Å². The van der Waals surface area contributed by atoms with Gasteiger partial charge in [0.25, 0.3) is 5.91 Å². The molecule has 1 amide bonds. The monoisotopic (exact) mass is 594 g/mol. The Morgan fingerprint density at radius 2 is 1.68 bits per heavy atom. The lowest BCUT2D eigenvalue weighted by Crippen LogP contribution is -3.00. The molecule has 0 radical (unpaired) electrons. The number of nitrogens with zero attached hydrogens (tertiary/aromatic N) is 4. The number of imidazole rings is 1. The lowest BCUT2D eigenvalue weighted by molar-refractivity contribution is -0.663. The Morgan fingerprint density at radius 1 is 0.950 bits per heavy atom. The SMILES string of the molecule is Cc1cc2c(cc1C)[n+](Cc1ccc3ccccc3c1)cn2CC(=O)N1CCC2(C)c3ccccc3N(C)C12.[Br-]. The summed E-state index contributed by atoms with van der Waals surface area (Å²) in [6.45, 7) is 8.51. The van der Waals surface area contributed by atoms with Gasteiger partial charge < -0.3 is 26.8 Å². The first-order chi connectivity index (χ1) is 18.8. The normalized spacial score (nSPS) is 19.6. The van der Waals surface area contributed by atoms with Gasteiger partial charge in [0.1, 0.15) is 12.7 Å². The number of likely N-dealkylation sites (tertiary alicyclic amines) is 1. The highest BCUT2D eigenvalue weighted by atomic mass is 79.9.